The van der Waals surface area contributed by atoms with Gasteiger partial charge in [0.2, 0.25) is 5.95 Å². The largest absolute Gasteiger partial charge is 0.383 e. The van der Waals surface area contributed by atoms with Crippen molar-refractivity contribution in [3.63, 3.8) is 0 Å². The van der Waals surface area contributed by atoms with Crippen LogP contribution in [0, 0.1) is 5.95 Å². The topological polar surface area (TPSA) is 34.1 Å². The van der Waals surface area contributed by atoms with Gasteiger partial charge >= 0.3 is 0 Å². The standard InChI is InChI=1S/C11H17FN2O/c1-3-4-10(8-15-2)14-9-5-6-13-11(12)7-9/h5-7,10H,3-4,8H2,1-2H3,(H,13,14). The molecule has 1 atom stereocenters. The SMILES string of the molecule is CCCC(COC)Nc1ccnc(F)c1. The van der Waals surface area contributed by atoms with Gasteiger partial charge in [0.15, 0.2) is 0 Å². The molecule has 0 amide bonds. The van der Waals surface area contributed by atoms with Crippen LogP contribution >= 0.6 is 0 Å². The van der Waals surface area contributed by atoms with Crippen molar-refractivity contribution < 1.29 is 9.13 Å². The highest BCUT2D eigenvalue weighted by molar-refractivity contribution is 5.42. The Hall–Kier alpha value is -1.16. The van der Waals surface area contributed by atoms with Crippen molar-refractivity contribution in [1.29, 1.82) is 0 Å². The molecule has 0 aromatic carbocycles. The van der Waals surface area contributed by atoms with Crippen LogP contribution in [0.5, 0.6) is 0 Å². The maximum atomic E-state index is 12.8. The number of nitrogens with zero attached hydrogens (tertiary/aromatic N) is 1. The third kappa shape index (κ3) is 4.25. The van der Waals surface area contributed by atoms with Crippen LogP contribution in [0.3, 0.4) is 0 Å². The Morgan fingerprint density at radius 3 is 3.00 bits per heavy atom. The van der Waals surface area contributed by atoms with E-state index in [2.05, 4.69) is 17.2 Å². The molecule has 1 heterocycles. The van der Waals surface area contributed by atoms with E-state index in [0.29, 0.717) is 6.61 Å². The molecule has 0 bridgehead atoms. The van der Waals surface area contributed by atoms with Gasteiger partial charge in [-0.05, 0) is 12.5 Å². The van der Waals surface area contributed by atoms with Crippen LogP contribution in [0.4, 0.5) is 10.1 Å². The van der Waals surface area contributed by atoms with Gasteiger partial charge in [0, 0.05) is 31.1 Å². The lowest BCUT2D eigenvalue weighted by Crippen LogP contribution is -2.24. The van der Waals surface area contributed by atoms with Crippen molar-refractivity contribution in [3.8, 4) is 0 Å². The Morgan fingerprint density at radius 2 is 2.40 bits per heavy atom. The smallest absolute Gasteiger partial charge is 0.214 e. The summed E-state index contributed by atoms with van der Waals surface area (Å²) in [5.74, 6) is -0.465. The van der Waals surface area contributed by atoms with Crippen molar-refractivity contribution in [2.75, 3.05) is 19.0 Å². The molecule has 3 nitrogen and oxygen atoms in total. The van der Waals surface area contributed by atoms with E-state index in [0.717, 1.165) is 18.5 Å². The van der Waals surface area contributed by atoms with Crippen molar-refractivity contribution in [3.05, 3.63) is 24.3 Å². The van der Waals surface area contributed by atoms with E-state index in [1.54, 1.807) is 13.2 Å². The van der Waals surface area contributed by atoms with Crippen LogP contribution in [0.15, 0.2) is 18.3 Å². The monoisotopic (exact) mass is 212 g/mol. The maximum Gasteiger partial charge on any atom is 0.214 e. The Kier molecular flexibility index (Phi) is 5.04. The molecule has 4 heteroatoms. The zero-order valence-corrected chi connectivity index (χ0v) is 9.16. The molecule has 1 unspecified atom stereocenters. The first kappa shape index (κ1) is 11.9. The number of pyridine rings is 1. The average molecular weight is 212 g/mol. The lowest BCUT2D eigenvalue weighted by Gasteiger charge is -2.18. The summed E-state index contributed by atoms with van der Waals surface area (Å²) in [6.07, 6.45) is 3.51. The van der Waals surface area contributed by atoms with Crippen molar-refractivity contribution in [2.24, 2.45) is 0 Å². The van der Waals surface area contributed by atoms with Crippen LogP contribution < -0.4 is 5.32 Å². The van der Waals surface area contributed by atoms with Gasteiger partial charge in [0.25, 0.3) is 0 Å². The molecule has 1 aromatic rings. The van der Waals surface area contributed by atoms with Crippen molar-refractivity contribution in [1.82, 2.24) is 4.98 Å². The van der Waals surface area contributed by atoms with Crippen molar-refractivity contribution >= 4 is 5.69 Å². The zero-order chi connectivity index (χ0) is 11.1. The highest BCUT2D eigenvalue weighted by Gasteiger charge is 2.07. The first-order valence-electron chi connectivity index (χ1n) is 5.13. The number of rotatable bonds is 6. The van der Waals surface area contributed by atoms with Crippen LogP contribution in [0.1, 0.15) is 19.8 Å². The summed E-state index contributed by atoms with van der Waals surface area (Å²) in [4.78, 5) is 3.50. The van der Waals surface area contributed by atoms with Crippen molar-refractivity contribution in [2.45, 2.75) is 25.8 Å². The lowest BCUT2D eigenvalue weighted by atomic mass is 10.1. The normalized spacial score (nSPS) is 12.5. The van der Waals surface area contributed by atoms with Gasteiger partial charge in [-0.2, -0.15) is 4.39 Å². The van der Waals surface area contributed by atoms with Gasteiger partial charge in [0.1, 0.15) is 0 Å². The number of hydrogen-bond acceptors (Lipinski definition) is 3. The molecule has 1 N–H and O–H groups in total. The molecule has 15 heavy (non-hydrogen) atoms. The fourth-order valence-electron chi connectivity index (χ4n) is 1.47. The number of nitrogens with one attached hydrogen (secondary N) is 1. The highest BCUT2D eigenvalue weighted by atomic mass is 19.1. The Bertz CT molecular complexity index is 288. The summed E-state index contributed by atoms with van der Waals surface area (Å²) in [7, 11) is 1.66. The second-order valence-electron chi connectivity index (χ2n) is 3.45. The molecule has 0 aliphatic rings. The van der Waals surface area contributed by atoms with Gasteiger partial charge in [-0.1, -0.05) is 13.3 Å². The molecular formula is C11H17FN2O. The Labute approximate surface area is 89.7 Å². The molecule has 0 aliphatic carbocycles. The van der Waals surface area contributed by atoms with Crippen LogP contribution in [0.25, 0.3) is 0 Å². The molecule has 0 saturated carbocycles. The predicted octanol–water partition coefficient (Wildman–Crippen LogP) is 2.45. The summed E-state index contributed by atoms with van der Waals surface area (Å²) in [6, 6.07) is 3.36. The first-order valence-corrected chi connectivity index (χ1v) is 5.13. The van der Waals surface area contributed by atoms with Gasteiger partial charge in [0.05, 0.1) is 6.61 Å². The quantitative estimate of drug-likeness (QED) is 0.735. The average Bonchev–Trinajstić information content (AvgIpc) is 2.18. The molecule has 0 aliphatic heterocycles. The van der Waals surface area contributed by atoms with Crippen LogP contribution in [-0.4, -0.2) is 24.7 Å². The van der Waals surface area contributed by atoms with Crippen LogP contribution in [0.2, 0.25) is 0 Å². The van der Waals surface area contributed by atoms with E-state index >= 15 is 0 Å². The second kappa shape index (κ2) is 6.35. The minimum absolute atomic E-state index is 0.224. The third-order valence-corrected chi connectivity index (χ3v) is 2.10. The number of anilines is 1. The minimum Gasteiger partial charge on any atom is -0.383 e. The van der Waals surface area contributed by atoms with E-state index in [4.69, 9.17) is 4.74 Å². The molecule has 0 spiro atoms. The number of aromatic nitrogens is 1. The molecule has 1 aromatic heterocycles. The van der Waals surface area contributed by atoms with E-state index in [9.17, 15) is 4.39 Å². The molecule has 0 saturated heterocycles. The van der Waals surface area contributed by atoms with E-state index < -0.39 is 5.95 Å². The molecule has 84 valence electrons. The van der Waals surface area contributed by atoms with E-state index in [-0.39, 0.29) is 6.04 Å². The minimum atomic E-state index is -0.465. The number of hydrogen-bond donors (Lipinski definition) is 1. The summed E-state index contributed by atoms with van der Waals surface area (Å²) < 4.78 is 17.9. The summed E-state index contributed by atoms with van der Waals surface area (Å²) in [5.41, 5.74) is 0.748. The molecule has 0 radical (unpaired) electrons. The van der Waals surface area contributed by atoms with E-state index in [1.165, 1.54) is 12.3 Å². The molecule has 1 rings (SSSR count). The summed E-state index contributed by atoms with van der Waals surface area (Å²) >= 11 is 0. The van der Waals surface area contributed by atoms with Crippen LogP contribution in [-0.2, 0) is 4.74 Å². The third-order valence-electron chi connectivity index (χ3n) is 2.10. The van der Waals surface area contributed by atoms with Gasteiger partial charge < -0.3 is 10.1 Å². The zero-order valence-electron chi connectivity index (χ0n) is 9.16. The van der Waals surface area contributed by atoms with E-state index in [1.807, 2.05) is 0 Å². The maximum absolute atomic E-state index is 12.8. The highest BCUT2D eigenvalue weighted by Crippen LogP contribution is 2.11. The number of halogens is 1. The Balaban J connectivity index is 2.56. The number of methoxy groups -OCH3 is 1. The van der Waals surface area contributed by atoms with Gasteiger partial charge in [-0.15, -0.1) is 0 Å². The molecular weight excluding hydrogens is 195 g/mol. The van der Waals surface area contributed by atoms with Gasteiger partial charge in [-0.3, -0.25) is 0 Å². The summed E-state index contributed by atoms with van der Waals surface area (Å²) in [6.45, 7) is 2.73. The summed E-state index contributed by atoms with van der Waals surface area (Å²) in [5, 5.41) is 3.22. The Morgan fingerprint density at radius 1 is 1.60 bits per heavy atom. The second-order valence-corrected chi connectivity index (χ2v) is 3.45. The number of ether oxygens (including phenoxy) is 1. The molecule has 0 fully saturated rings. The van der Waals surface area contributed by atoms with Gasteiger partial charge in [-0.25, -0.2) is 4.98 Å². The predicted molar refractivity (Wildman–Crippen MR) is 58.4 cm³/mol. The fraction of sp³-hybridized carbons (Fsp3) is 0.545. The fourth-order valence-corrected chi connectivity index (χ4v) is 1.47. The lowest BCUT2D eigenvalue weighted by molar-refractivity contribution is 0.182. The first-order chi connectivity index (χ1) is 7.26.